The fraction of sp³-hybridized carbons (Fsp3) is 0.500. The molecular weight excluding hydrogens is 278 g/mol. The maximum Gasteiger partial charge on any atom is 0.329 e. The standard InChI is InChI=1S/C14H19NO4S/c1-15(2)14(13(16)17,11-6-4-3-5-7-11)12-8-9-20(18,19)10-12/h3-7,12H,8-10H2,1-2H3,(H,16,17)/t12-,14-/m0/s1. The third-order valence-corrected chi connectivity index (χ3v) is 5.84. The van der Waals surface area contributed by atoms with Crippen LogP contribution in [0.25, 0.3) is 0 Å². The van der Waals surface area contributed by atoms with E-state index in [1.807, 2.05) is 6.07 Å². The molecule has 0 aliphatic carbocycles. The summed E-state index contributed by atoms with van der Waals surface area (Å²) >= 11 is 0. The van der Waals surface area contributed by atoms with Crippen LogP contribution in [-0.2, 0) is 20.2 Å². The van der Waals surface area contributed by atoms with E-state index in [1.165, 1.54) is 0 Å². The number of rotatable bonds is 4. The van der Waals surface area contributed by atoms with Gasteiger partial charge in [-0.1, -0.05) is 30.3 Å². The number of hydrogen-bond acceptors (Lipinski definition) is 4. The molecule has 0 radical (unpaired) electrons. The van der Waals surface area contributed by atoms with Crippen LogP contribution in [0, 0.1) is 5.92 Å². The Hall–Kier alpha value is -1.40. The monoisotopic (exact) mass is 297 g/mol. The lowest BCUT2D eigenvalue weighted by molar-refractivity contribution is -0.154. The van der Waals surface area contributed by atoms with E-state index in [0.717, 1.165) is 0 Å². The lowest BCUT2D eigenvalue weighted by atomic mass is 9.76. The predicted molar refractivity (Wildman–Crippen MR) is 76.2 cm³/mol. The number of likely N-dealkylation sites (N-methyl/N-ethyl adjacent to an activating group) is 1. The summed E-state index contributed by atoms with van der Waals surface area (Å²) in [6.45, 7) is 0. The molecule has 1 aromatic carbocycles. The first-order valence-electron chi connectivity index (χ1n) is 6.47. The highest BCUT2D eigenvalue weighted by atomic mass is 32.2. The van der Waals surface area contributed by atoms with Crippen LogP contribution in [0.15, 0.2) is 30.3 Å². The maximum absolute atomic E-state index is 12.0. The molecule has 0 spiro atoms. The Balaban J connectivity index is 2.58. The van der Waals surface area contributed by atoms with Gasteiger partial charge in [0.2, 0.25) is 0 Å². The summed E-state index contributed by atoms with van der Waals surface area (Å²) in [5.74, 6) is -1.46. The maximum atomic E-state index is 12.0. The normalized spacial score (nSPS) is 24.4. The largest absolute Gasteiger partial charge is 0.480 e. The Morgan fingerprint density at radius 2 is 1.90 bits per heavy atom. The minimum Gasteiger partial charge on any atom is -0.480 e. The van der Waals surface area contributed by atoms with E-state index in [2.05, 4.69) is 0 Å². The molecule has 0 amide bonds. The van der Waals surface area contributed by atoms with Crippen molar-refractivity contribution in [2.45, 2.75) is 12.0 Å². The molecule has 110 valence electrons. The molecule has 2 atom stereocenters. The smallest absolute Gasteiger partial charge is 0.329 e. The Morgan fingerprint density at radius 3 is 2.30 bits per heavy atom. The SMILES string of the molecule is CN(C)[C@@](C(=O)O)(c1ccccc1)[C@H]1CCS(=O)(=O)C1. The number of sulfone groups is 1. The van der Waals surface area contributed by atoms with Gasteiger partial charge in [-0.3, -0.25) is 4.90 Å². The van der Waals surface area contributed by atoms with Crippen LogP contribution < -0.4 is 0 Å². The van der Waals surface area contributed by atoms with Gasteiger partial charge in [-0.2, -0.15) is 0 Å². The second-order valence-electron chi connectivity index (χ2n) is 5.43. The van der Waals surface area contributed by atoms with Gasteiger partial charge in [0, 0.05) is 5.92 Å². The number of carboxylic acid groups (broad SMARTS) is 1. The fourth-order valence-corrected chi connectivity index (χ4v) is 5.00. The van der Waals surface area contributed by atoms with Crippen LogP contribution in [0.5, 0.6) is 0 Å². The molecule has 1 aromatic rings. The van der Waals surface area contributed by atoms with Gasteiger partial charge in [0.25, 0.3) is 0 Å². The van der Waals surface area contributed by atoms with E-state index in [-0.39, 0.29) is 11.5 Å². The zero-order valence-electron chi connectivity index (χ0n) is 11.6. The van der Waals surface area contributed by atoms with Crippen LogP contribution in [-0.4, -0.2) is 50.0 Å². The fourth-order valence-electron chi connectivity index (χ4n) is 3.17. The Morgan fingerprint density at radius 1 is 1.30 bits per heavy atom. The van der Waals surface area contributed by atoms with E-state index >= 15 is 0 Å². The average molecular weight is 297 g/mol. The van der Waals surface area contributed by atoms with Gasteiger partial charge in [-0.25, -0.2) is 13.2 Å². The average Bonchev–Trinajstić information content (AvgIpc) is 2.71. The molecule has 1 N–H and O–H groups in total. The molecule has 6 heteroatoms. The first kappa shape index (κ1) is 15.0. The highest BCUT2D eigenvalue weighted by Crippen LogP contribution is 2.40. The van der Waals surface area contributed by atoms with Crippen molar-refractivity contribution < 1.29 is 18.3 Å². The molecule has 0 unspecified atom stereocenters. The van der Waals surface area contributed by atoms with Crippen molar-refractivity contribution in [1.82, 2.24) is 4.90 Å². The van der Waals surface area contributed by atoms with E-state index < -0.39 is 27.3 Å². The first-order chi connectivity index (χ1) is 9.30. The van der Waals surface area contributed by atoms with Crippen LogP contribution in [0.2, 0.25) is 0 Å². The van der Waals surface area contributed by atoms with Gasteiger partial charge in [0.05, 0.1) is 11.5 Å². The highest BCUT2D eigenvalue weighted by molar-refractivity contribution is 7.91. The summed E-state index contributed by atoms with van der Waals surface area (Å²) < 4.78 is 23.5. The third kappa shape index (κ3) is 2.33. The summed E-state index contributed by atoms with van der Waals surface area (Å²) in [7, 11) is 0.229. The number of carboxylic acids is 1. The van der Waals surface area contributed by atoms with Crippen molar-refractivity contribution >= 4 is 15.8 Å². The van der Waals surface area contributed by atoms with Crippen molar-refractivity contribution in [2.24, 2.45) is 5.92 Å². The van der Waals surface area contributed by atoms with Crippen LogP contribution in [0.1, 0.15) is 12.0 Å². The summed E-state index contributed by atoms with van der Waals surface area (Å²) in [6, 6.07) is 8.87. The molecule has 5 nitrogen and oxygen atoms in total. The lowest BCUT2D eigenvalue weighted by Gasteiger charge is -2.40. The quantitative estimate of drug-likeness (QED) is 0.896. The summed E-state index contributed by atoms with van der Waals surface area (Å²) in [4.78, 5) is 13.6. The zero-order valence-corrected chi connectivity index (χ0v) is 12.4. The Bertz CT molecular complexity index is 597. The number of nitrogens with zero attached hydrogens (tertiary/aromatic N) is 1. The van der Waals surface area contributed by atoms with Crippen molar-refractivity contribution in [3.8, 4) is 0 Å². The minimum absolute atomic E-state index is 0.0629. The molecule has 2 rings (SSSR count). The Kier molecular flexibility index (Phi) is 3.88. The van der Waals surface area contributed by atoms with Crippen LogP contribution in [0.3, 0.4) is 0 Å². The molecular formula is C14H19NO4S. The van der Waals surface area contributed by atoms with E-state index in [9.17, 15) is 18.3 Å². The van der Waals surface area contributed by atoms with Gasteiger partial charge >= 0.3 is 5.97 Å². The first-order valence-corrected chi connectivity index (χ1v) is 8.29. The minimum atomic E-state index is -3.14. The summed E-state index contributed by atoms with van der Waals surface area (Å²) in [5, 5.41) is 9.84. The molecule has 20 heavy (non-hydrogen) atoms. The van der Waals surface area contributed by atoms with Crippen LogP contribution >= 0.6 is 0 Å². The summed E-state index contributed by atoms with van der Waals surface area (Å²) in [6.07, 6.45) is 0.377. The van der Waals surface area contributed by atoms with Crippen molar-refractivity contribution in [2.75, 3.05) is 25.6 Å². The topological polar surface area (TPSA) is 74.7 Å². The Labute approximate surface area is 119 Å². The molecule has 0 aromatic heterocycles. The predicted octanol–water partition coefficient (Wildman–Crippen LogP) is 0.963. The molecule has 0 saturated carbocycles. The molecule has 1 aliphatic rings. The van der Waals surface area contributed by atoms with Gasteiger partial charge < -0.3 is 5.11 Å². The molecule has 0 bridgehead atoms. The van der Waals surface area contributed by atoms with E-state index in [1.54, 1.807) is 43.3 Å². The highest BCUT2D eigenvalue weighted by Gasteiger charge is 2.53. The van der Waals surface area contributed by atoms with Gasteiger partial charge in [-0.05, 0) is 26.1 Å². The third-order valence-electron chi connectivity index (χ3n) is 4.07. The van der Waals surface area contributed by atoms with Crippen molar-refractivity contribution in [3.63, 3.8) is 0 Å². The van der Waals surface area contributed by atoms with E-state index in [0.29, 0.717) is 12.0 Å². The zero-order chi connectivity index (χ0) is 15.0. The van der Waals surface area contributed by atoms with Crippen LogP contribution in [0.4, 0.5) is 0 Å². The molecule has 1 heterocycles. The van der Waals surface area contributed by atoms with Gasteiger partial charge in [-0.15, -0.1) is 0 Å². The number of hydrogen-bond donors (Lipinski definition) is 1. The van der Waals surface area contributed by atoms with Crippen molar-refractivity contribution in [1.29, 1.82) is 0 Å². The number of benzene rings is 1. The number of carbonyl (C=O) groups is 1. The molecule has 1 fully saturated rings. The molecule has 1 aliphatic heterocycles. The number of aliphatic carboxylic acids is 1. The second-order valence-corrected chi connectivity index (χ2v) is 7.66. The second kappa shape index (κ2) is 5.18. The lowest BCUT2D eigenvalue weighted by Crippen LogP contribution is -2.54. The molecule has 1 saturated heterocycles. The van der Waals surface area contributed by atoms with Gasteiger partial charge in [0.1, 0.15) is 5.54 Å². The van der Waals surface area contributed by atoms with Gasteiger partial charge in [0.15, 0.2) is 9.84 Å². The van der Waals surface area contributed by atoms with E-state index in [4.69, 9.17) is 0 Å². The summed E-state index contributed by atoms with van der Waals surface area (Å²) in [5.41, 5.74) is -0.676. The van der Waals surface area contributed by atoms with Crippen molar-refractivity contribution in [3.05, 3.63) is 35.9 Å².